The van der Waals surface area contributed by atoms with E-state index in [1.807, 2.05) is 12.1 Å². The summed E-state index contributed by atoms with van der Waals surface area (Å²) in [6.07, 6.45) is 7.19. The summed E-state index contributed by atoms with van der Waals surface area (Å²) < 4.78 is 0. The molecule has 1 saturated carbocycles. The van der Waals surface area contributed by atoms with Gasteiger partial charge in [-0.3, -0.25) is 4.79 Å². The summed E-state index contributed by atoms with van der Waals surface area (Å²) in [5.41, 5.74) is 4.86. The minimum atomic E-state index is -1.22. The lowest BCUT2D eigenvalue weighted by Crippen LogP contribution is -2.26. The number of aliphatic carboxylic acids is 1. The van der Waals surface area contributed by atoms with E-state index in [4.69, 9.17) is 0 Å². The Hall–Kier alpha value is -3.84. The quantitative estimate of drug-likeness (QED) is 0.344. The van der Waals surface area contributed by atoms with Gasteiger partial charge in [-0.15, -0.1) is 11.8 Å². The highest BCUT2D eigenvalue weighted by Gasteiger charge is 2.42. The van der Waals surface area contributed by atoms with Gasteiger partial charge in [-0.25, -0.2) is 4.79 Å². The smallest absolute Gasteiger partial charge is 0.357 e. The molecule has 3 aliphatic rings. The second-order valence-corrected chi connectivity index (χ2v) is 10.1. The molecule has 1 aliphatic carbocycles. The van der Waals surface area contributed by atoms with E-state index in [0.29, 0.717) is 17.6 Å². The van der Waals surface area contributed by atoms with Crippen LogP contribution < -0.4 is 9.91 Å². The third-order valence-corrected chi connectivity index (χ3v) is 8.01. The van der Waals surface area contributed by atoms with Gasteiger partial charge in [0.05, 0.1) is 11.3 Å². The Balaban J connectivity index is 1.38. The molecular formula is C29H25N3O3S. The fraction of sp³-hybridized carbons (Fsp3) is 0.207. The molecule has 3 aromatic carbocycles. The summed E-state index contributed by atoms with van der Waals surface area (Å²) in [5, 5.41) is 15.1. The molecule has 0 aromatic heterocycles. The molecule has 0 spiro atoms. The number of hydrogen-bond acceptors (Lipinski definition) is 5. The van der Waals surface area contributed by atoms with Crippen LogP contribution in [0.3, 0.4) is 0 Å². The minimum absolute atomic E-state index is 0.0942. The maximum atomic E-state index is 13.2. The predicted molar refractivity (Wildman–Crippen MR) is 144 cm³/mol. The SMILES string of the molecule is CSc1ccc(N2c3ccc(/C=C4\C(=O)N(c5ccccc5)N=C4C(=O)O)cc3C3CCCC32)cc1. The monoisotopic (exact) mass is 495 g/mol. The first-order valence-electron chi connectivity index (χ1n) is 12.1. The maximum Gasteiger partial charge on any atom is 0.357 e. The van der Waals surface area contributed by atoms with Gasteiger partial charge in [0, 0.05) is 28.2 Å². The largest absolute Gasteiger partial charge is 0.476 e. The molecule has 2 aliphatic heterocycles. The van der Waals surface area contributed by atoms with Crippen LogP contribution in [0.25, 0.3) is 6.08 Å². The first kappa shape index (κ1) is 22.6. The maximum absolute atomic E-state index is 13.2. The minimum Gasteiger partial charge on any atom is -0.476 e. The van der Waals surface area contributed by atoms with Gasteiger partial charge in [-0.05, 0) is 84.8 Å². The molecule has 3 aromatic rings. The van der Waals surface area contributed by atoms with Gasteiger partial charge in [-0.1, -0.05) is 30.7 Å². The molecule has 180 valence electrons. The molecule has 2 unspecified atom stereocenters. The second-order valence-electron chi connectivity index (χ2n) is 9.26. The fourth-order valence-electron chi connectivity index (χ4n) is 5.66. The molecule has 7 heteroatoms. The molecule has 0 radical (unpaired) electrons. The Morgan fingerprint density at radius 1 is 1.03 bits per heavy atom. The van der Waals surface area contributed by atoms with Crippen LogP contribution >= 0.6 is 11.8 Å². The molecule has 6 nitrogen and oxygen atoms in total. The number of anilines is 3. The van der Waals surface area contributed by atoms with Gasteiger partial charge in [-0.2, -0.15) is 10.1 Å². The molecule has 6 rings (SSSR count). The van der Waals surface area contributed by atoms with E-state index in [2.05, 4.69) is 52.7 Å². The number of hydrazone groups is 1. The number of carboxylic acids is 1. The van der Waals surface area contributed by atoms with Crippen molar-refractivity contribution in [3.63, 3.8) is 0 Å². The van der Waals surface area contributed by atoms with Crippen molar-refractivity contribution in [1.29, 1.82) is 0 Å². The van der Waals surface area contributed by atoms with Crippen molar-refractivity contribution in [3.8, 4) is 0 Å². The Morgan fingerprint density at radius 3 is 2.53 bits per heavy atom. The molecule has 2 atom stereocenters. The summed E-state index contributed by atoms with van der Waals surface area (Å²) in [5.74, 6) is -1.23. The second kappa shape index (κ2) is 8.99. The fourth-order valence-corrected chi connectivity index (χ4v) is 6.07. The van der Waals surface area contributed by atoms with E-state index in [-0.39, 0.29) is 11.3 Å². The van der Waals surface area contributed by atoms with E-state index in [1.165, 1.54) is 28.3 Å². The van der Waals surface area contributed by atoms with Gasteiger partial charge in [0.1, 0.15) is 0 Å². The lowest BCUT2D eigenvalue weighted by molar-refractivity contribution is -0.129. The zero-order valence-corrected chi connectivity index (χ0v) is 20.6. The lowest BCUT2D eigenvalue weighted by Gasteiger charge is -2.27. The van der Waals surface area contributed by atoms with Gasteiger partial charge < -0.3 is 10.0 Å². The van der Waals surface area contributed by atoms with Crippen LogP contribution in [-0.2, 0) is 9.59 Å². The molecule has 1 amide bonds. The number of thioether (sulfide) groups is 1. The Bertz CT molecular complexity index is 1420. The zero-order valence-electron chi connectivity index (χ0n) is 19.8. The van der Waals surface area contributed by atoms with Crippen molar-refractivity contribution in [1.82, 2.24) is 0 Å². The number of nitrogens with zero attached hydrogens (tertiary/aromatic N) is 3. The van der Waals surface area contributed by atoms with Crippen LogP contribution in [-0.4, -0.2) is 35.0 Å². The standard InChI is InChI=1S/C29H25N3O3S/c1-36-21-13-11-19(12-14-21)31-25-9-5-8-22(25)23-16-18(10-15-26(23)31)17-24-27(29(34)35)30-32(28(24)33)20-6-3-2-4-7-20/h2-4,6-7,10-17,22,25H,5,8-9H2,1H3,(H,34,35)/b24-17-. The molecule has 0 bridgehead atoms. The third-order valence-electron chi connectivity index (χ3n) is 7.26. The van der Waals surface area contributed by atoms with E-state index in [0.717, 1.165) is 23.4 Å². The number of para-hydroxylation sites is 1. The van der Waals surface area contributed by atoms with Crippen LogP contribution in [0.1, 0.15) is 36.3 Å². The first-order valence-corrected chi connectivity index (χ1v) is 13.3. The van der Waals surface area contributed by atoms with E-state index in [9.17, 15) is 14.7 Å². The number of hydrogen-bond donors (Lipinski definition) is 1. The van der Waals surface area contributed by atoms with Crippen LogP contribution in [0.15, 0.2) is 88.4 Å². The van der Waals surface area contributed by atoms with Gasteiger partial charge >= 0.3 is 5.97 Å². The van der Waals surface area contributed by atoms with Crippen molar-refractivity contribution in [2.24, 2.45) is 5.10 Å². The Kier molecular flexibility index (Phi) is 5.64. The molecule has 0 saturated heterocycles. The van der Waals surface area contributed by atoms with E-state index < -0.39 is 11.9 Å². The first-order chi connectivity index (χ1) is 17.5. The van der Waals surface area contributed by atoms with Crippen molar-refractivity contribution in [2.45, 2.75) is 36.1 Å². The van der Waals surface area contributed by atoms with Crippen molar-refractivity contribution in [3.05, 3.63) is 89.5 Å². The Labute approximate surface area is 213 Å². The third kappa shape index (κ3) is 3.71. The van der Waals surface area contributed by atoms with Crippen molar-refractivity contribution in [2.75, 3.05) is 16.2 Å². The summed E-state index contributed by atoms with van der Waals surface area (Å²) in [6, 6.07) is 24.2. The number of carbonyl (C=O) groups excluding carboxylic acids is 1. The number of carboxylic acid groups (broad SMARTS) is 1. The molecule has 2 heterocycles. The summed E-state index contributed by atoms with van der Waals surface area (Å²) in [4.78, 5) is 28.8. The van der Waals surface area contributed by atoms with Crippen LogP contribution in [0, 0.1) is 0 Å². The van der Waals surface area contributed by atoms with E-state index >= 15 is 0 Å². The number of amides is 1. The molecule has 1 fully saturated rings. The molecular weight excluding hydrogens is 470 g/mol. The van der Waals surface area contributed by atoms with Gasteiger partial charge in [0.15, 0.2) is 5.71 Å². The highest BCUT2D eigenvalue weighted by molar-refractivity contribution is 7.98. The topological polar surface area (TPSA) is 73.2 Å². The normalized spacial score (nSPS) is 21.6. The zero-order chi connectivity index (χ0) is 24.8. The lowest BCUT2D eigenvalue weighted by atomic mass is 9.95. The summed E-state index contributed by atoms with van der Waals surface area (Å²) >= 11 is 1.74. The average Bonchev–Trinajstić information content (AvgIpc) is 3.58. The molecule has 36 heavy (non-hydrogen) atoms. The number of carbonyl (C=O) groups is 2. The van der Waals surface area contributed by atoms with Crippen LogP contribution in [0.2, 0.25) is 0 Å². The highest BCUT2D eigenvalue weighted by Crippen LogP contribution is 2.52. The average molecular weight is 496 g/mol. The van der Waals surface area contributed by atoms with Gasteiger partial charge in [0.25, 0.3) is 5.91 Å². The number of rotatable bonds is 5. The van der Waals surface area contributed by atoms with E-state index in [1.54, 1.807) is 42.1 Å². The van der Waals surface area contributed by atoms with Crippen LogP contribution in [0.4, 0.5) is 17.1 Å². The van der Waals surface area contributed by atoms with Crippen LogP contribution in [0.5, 0.6) is 0 Å². The highest BCUT2D eigenvalue weighted by atomic mass is 32.2. The molecule has 1 N–H and O–H groups in total. The summed E-state index contributed by atoms with van der Waals surface area (Å²) in [6.45, 7) is 0. The van der Waals surface area contributed by atoms with Crippen molar-refractivity contribution >= 4 is 52.5 Å². The number of fused-ring (bicyclic) bond motifs is 3. The number of benzene rings is 3. The summed E-state index contributed by atoms with van der Waals surface area (Å²) in [7, 11) is 0. The van der Waals surface area contributed by atoms with Gasteiger partial charge in [0.2, 0.25) is 0 Å². The predicted octanol–water partition coefficient (Wildman–Crippen LogP) is 6.07. The van der Waals surface area contributed by atoms with Crippen molar-refractivity contribution < 1.29 is 14.7 Å². The Morgan fingerprint density at radius 2 is 1.81 bits per heavy atom.